The number of fused-ring (bicyclic) bond motifs is 2. The summed E-state index contributed by atoms with van der Waals surface area (Å²) in [5.74, 6) is 2.60. The number of hydrogen-bond donors (Lipinski definition) is 0. The lowest BCUT2D eigenvalue weighted by molar-refractivity contribution is 0.259. The zero-order valence-corrected chi connectivity index (χ0v) is 19.1. The fraction of sp³-hybridized carbons (Fsp3) is 0.160. The minimum Gasteiger partial charge on any atom is -0.493 e. The molecule has 0 radical (unpaired) electrons. The fourth-order valence-corrected chi connectivity index (χ4v) is 4.53. The third kappa shape index (κ3) is 4.01. The van der Waals surface area contributed by atoms with Gasteiger partial charge in [-0.2, -0.15) is 9.50 Å². The van der Waals surface area contributed by atoms with E-state index in [2.05, 4.69) is 16.2 Å². The van der Waals surface area contributed by atoms with Gasteiger partial charge in [0.05, 0.1) is 18.8 Å². The van der Waals surface area contributed by atoms with Crippen molar-refractivity contribution in [2.75, 3.05) is 14.2 Å². The van der Waals surface area contributed by atoms with E-state index in [9.17, 15) is 4.79 Å². The number of methoxy groups -OCH3 is 2. The molecule has 1 aliphatic rings. The van der Waals surface area contributed by atoms with Crippen molar-refractivity contribution in [2.45, 2.75) is 13.0 Å². The molecule has 0 amide bonds. The summed E-state index contributed by atoms with van der Waals surface area (Å²) in [6.07, 6.45) is 7.39. The lowest BCUT2D eigenvalue weighted by atomic mass is 10.0. The molecular formula is C25H21N3O4S. The van der Waals surface area contributed by atoms with Crippen molar-refractivity contribution in [2.24, 2.45) is 0 Å². The first-order chi connectivity index (χ1) is 16.1. The van der Waals surface area contributed by atoms with E-state index < -0.39 is 0 Å². The smallest absolute Gasteiger partial charge is 0.291 e. The standard InChI is InChI=1S/C25H21N3O4S/c1-15-18(13-17-6-4-5-7-19(17)32-15)14-22-24(29)28-25(33-22)26-23(27-28)11-9-16-8-10-20(30-2)21(12-16)31-3/h4-15H,1-3H3/b11-9+,22-14-. The van der Waals surface area contributed by atoms with E-state index in [4.69, 9.17) is 14.2 Å². The quantitative estimate of drug-likeness (QED) is 0.453. The van der Waals surface area contributed by atoms with Crippen LogP contribution in [0.25, 0.3) is 29.3 Å². The van der Waals surface area contributed by atoms with Crippen LogP contribution in [0.1, 0.15) is 23.9 Å². The molecule has 5 rings (SSSR count). The van der Waals surface area contributed by atoms with Gasteiger partial charge in [0.1, 0.15) is 11.9 Å². The number of aromatic nitrogens is 3. The first-order valence-corrected chi connectivity index (χ1v) is 11.2. The fourth-order valence-electron chi connectivity index (χ4n) is 3.62. The SMILES string of the molecule is COc1ccc(/C=C/c2nc3s/c(=C\C4=Cc5ccccc5OC4C)c(=O)n3n2)cc1OC. The summed E-state index contributed by atoms with van der Waals surface area (Å²) >= 11 is 1.31. The highest BCUT2D eigenvalue weighted by Crippen LogP contribution is 2.30. The third-order valence-electron chi connectivity index (χ3n) is 5.34. The molecule has 0 N–H and O–H groups in total. The van der Waals surface area contributed by atoms with E-state index in [0.29, 0.717) is 26.8 Å². The van der Waals surface area contributed by atoms with Crippen molar-refractivity contribution in [3.05, 3.63) is 79.9 Å². The van der Waals surface area contributed by atoms with Crippen molar-refractivity contribution in [3.63, 3.8) is 0 Å². The van der Waals surface area contributed by atoms with Gasteiger partial charge in [0.25, 0.3) is 5.56 Å². The van der Waals surface area contributed by atoms with Crippen molar-refractivity contribution in [3.8, 4) is 17.2 Å². The molecule has 0 fully saturated rings. The minimum atomic E-state index is -0.194. The molecule has 2 aromatic heterocycles. The maximum atomic E-state index is 12.9. The van der Waals surface area contributed by atoms with Crippen LogP contribution in [0.15, 0.2) is 52.8 Å². The van der Waals surface area contributed by atoms with Gasteiger partial charge in [-0.25, -0.2) is 0 Å². The molecule has 1 atom stereocenters. The van der Waals surface area contributed by atoms with Crippen LogP contribution in [0.2, 0.25) is 0 Å². The molecule has 7 nitrogen and oxygen atoms in total. The molecule has 1 unspecified atom stereocenters. The van der Waals surface area contributed by atoms with E-state index in [1.165, 1.54) is 15.9 Å². The van der Waals surface area contributed by atoms with Crippen LogP contribution in [0.4, 0.5) is 0 Å². The van der Waals surface area contributed by atoms with Crippen LogP contribution in [0.5, 0.6) is 17.2 Å². The summed E-state index contributed by atoms with van der Waals surface area (Å²) in [5.41, 5.74) is 2.64. The maximum Gasteiger partial charge on any atom is 0.291 e. The van der Waals surface area contributed by atoms with Crippen LogP contribution >= 0.6 is 11.3 Å². The number of thiazole rings is 1. The Balaban J connectivity index is 1.44. The Kier molecular flexibility index (Phi) is 5.43. The van der Waals surface area contributed by atoms with Gasteiger partial charge in [-0.3, -0.25) is 4.79 Å². The summed E-state index contributed by atoms with van der Waals surface area (Å²) < 4.78 is 18.5. The van der Waals surface area contributed by atoms with Gasteiger partial charge in [-0.1, -0.05) is 41.7 Å². The summed E-state index contributed by atoms with van der Waals surface area (Å²) in [4.78, 5) is 17.9. The number of hydrogen-bond acceptors (Lipinski definition) is 7. The number of nitrogens with zero attached hydrogens (tertiary/aromatic N) is 3. The summed E-state index contributed by atoms with van der Waals surface area (Å²) in [6.45, 7) is 1.97. The Morgan fingerprint density at radius 3 is 2.70 bits per heavy atom. The molecule has 1 aliphatic heterocycles. The van der Waals surface area contributed by atoms with Crippen molar-refractivity contribution in [1.82, 2.24) is 14.6 Å². The van der Waals surface area contributed by atoms with E-state index in [1.807, 2.05) is 61.5 Å². The highest BCUT2D eigenvalue weighted by atomic mass is 32.1. The average Bonchev–Trinajstić information content (AvgIpc) is 3.36. The summed E-state index contributed by atoms with van der Waals surface area (Å²) in [5, 5.41) is 4.36. The Bertz CT molecular complexity index is 1520. The monoisotopic (exact) mass is 459 g/mol. The van der Waals surface area contributed by atoms with E-state index in [0.717, 1.165) is 22.4 Å². The predicted octanol–water partition coefficient (Wildman–Crippen LogP) is 3.70. The van der Waals surface area contributed by atoms with Crippen LogP contribution in [-0.4, -0.2) is 34.9 Å². The molecule has 0 bridgehead atoms. The van der Waals surface area contributed by atoms with E-state index >= 15 is 0 Å². The van der Waals surface area contributed by atoms with Gasteiger partial charge in [0.2, 0.25) is 4.96 Å². The zero-order valence-electron chi connectivity index (χ0n) is 18.3. The molecule has 0 saturated heterocycles. The molecule has 0 aliphatic carbocycles. The first kappa shape index (κ1) is 21.0. The van der Waals surface area contributed by atoms with Crippen molar-refractivity contribution in [1.29, 1.82) is 0 Å². The Morgan fingerprint density at radius 2 is 1.91 bits per heavy atom. The molecular weight excluding hydrogens is 438 g/mol. The predicted molar refractivity (Wildman–Crippen MR) is 130 cm³/mol. The molecule has 0 saturated carbocycles. The summed E-state index contributed by atoms with van der Waals surface area (Å²) in [7, 11) is 3.19. The average molecular weight is 460 g/mol. The second kappa shape index (κ2) is 8.55. The molecule has 8 heteroatoms. The number of para-hydroxylation sites is 1. The molecule has 4 aromatic rings. The number of ether oxygens (including phenoxy) is 3. The van der Waals surface area contributed by atoms with Crippen LogP contribution < -0.4 is 24.3 Å². The third-order valence-corrected chi connectivity index (χ3v) is 6.30. The Hall–Kier alpha value is -3.91. The lowest BCUT2D eigenvalue weighted by Crippen LogP contribution is -2.26. The highest BCUT2D eigenvalue weighted by molar-refractivity contribution is 7.15. The topological polar surface area (TPSA) is 75.0 Å². The van der Waals surface area contributed by atoms with Crippen LogP contribution in [0, 0.1) is 0 Å². The summed E-state index contributed by atoms with van der Waals surface area (Å²) in [6, 6.07) is 13.4. The molecule has 166 valence electrons. The Morgan fingerprint density at radius 1 is 1.09 bits per heavy atom. The maximum absolute atomic E-state index is 12.9. The largest absolute Gasteiger partial charge is 0.493 e. The van der Waals surface area contributed by atoms with Gasteiger partial charge in [-0.05, 0) is 54.5 Å². The minimum absolute atomic E-state index is 0.151. The second-order valence-corrected chi connectivity index (χ2v) is 8.48. The zero-order chi connectivity index (χ0) is 22.9. The van der Waals surface area contributed by atoms with Gasteiger partial charge >= 0.3 is 0 Å². The van der Waals surface area contributed by atoms with Gasteiger partial charge < -0.3 is 14.2 Å². The molecule has 0 spiro atoms. The number of benzene rings is 2. The van der Waals surface area contributed by atoms with Crippen molar-refractivity contribution >= 4 is 40.6 Å². The van der Waals surface area contributed by atoms with Crippen molar-refractivity contribution < 1.29 is 14.2 Å². The Labute approximate surface area is 193 Å². The second-order valence-electron chi connectivity index (χ2n) is 7.47. The van der Waals surface area contributed by atoms with Crippen LogP contribution in [-0.2, 0) is 0 Å². The van der Waals surface area contributed by atoms with Gasteiger partial charge in [-0.15, -0.1) is 5.10 Å². The highest BCUT2D eigenvalue weighted by Gasteiger charge is 2.18. The first-order valence-electron chi connectivity index (χ1n) is 10.3. The van der Waals surface area contributed by atoms with Gasteiger partial charge in [0, 0.05) is 5.56 Å². The van der Waals surface area contributed by atoms with E-state index in [-0.39, 0.29) is 11.7 Å². The number of rotatable bonds is 5. The normalized spacial score (nSPS) is 16.0. The lowest BCUT2D eigenvalue weighted by Gasteiger charge is -2.22. The van der Waals surface area contributed by atoms with Crippen LogP contribution in [0.3, 0.4) is 0 Å². The molecule has 3 heterocycles. The van der Waals surface area contributed by atoms with Gasteiger partial charge in [0.15, 0.2) is 17.3 Å². The molecule has 33 heavy (non-hydrogen) atoms. The molecule has 2 aromatic carbocycles. The van der Waals surface area contributed by atoms with E-state index in [1.54, 1.807) is 20.3 Å².